The van der Waals surface area contributed by atoms with Crippen molar-refractivity contribution in [3.8, 4) is 0 Å². The Balaban J connectivity index is 1.66. The fourth-order valence-electron chi connectivity index (χ4n) is 3.66. The maximum Gasteiger partial charge on any atom is 0.257 e. The highest BCUT2D eigenvalue weighted by Gasteiger charge is 2.27. The monoisotopic (exact) mass is 411 g/mol. The zero-order valence-corrected chi connectivity index (χ0v) is 16.8. The summed E-state index contributed by atoms with van der Waals surface area (Å²) in [6, 6.07) is 15.2. The van der Waals surface area contributed by atoms with Crippen LogP contribution in [0.5, 0.6) is 0 Å². The normalized spacial score (nSPS) is 16.5. The van der Waals surface area contributed by atoms with Crippen molar-refractivity contribution in [3.05, 3.63) is 93.2 Å². The minimum Gasteiger partial charge on any atom is -0.322 e. The Kier molecular flexibility index (Phi) is 5.36. The molecule has 0 radical (unpaired) electrons. The van der Waals surface area contributed by atoms with Crippen LogP contribution in [0.2, 0.25) is 10.0 Å². The van der Waals surface area contributed by atoms with Crippen LogP contribution in [0.4, 0.5) is 5.69 Å². The number of likely N-dealkylation sites (N-methyl/N-ethyl adjacent to an activating group) is 1. The Morgan fingerprint density at radius 1 is 1.18 bits per heavy atom. The van der Waals surface area contributed by atoms with Crippen LogP contribution in [0.25, 0.3) is 0 Å². The molecule has 28 heavy (non-hydrogen) atoms. The number of aromatic nitrogens is 1. The zero-order chi connectivity index (χ0) is 19.7. The molecule has 1 unspecified atom stereocenters. The van der Waals surface area contributed by atoms with Crippen molar-refractivity contribution < 1.29 is 4.79 Å². The van der Waals surface area contributed by atoms with Crippen LogP contribution in [-0.4, -0.2) is 29.4 Å². The number of benzene rings is 2. The van der Waals surface area contributed by atoms with Crippen LogP contribution in [0, 0.1) is 0 Å². The van der Waals surface area contributed by atoms with E-state index in [0.29, 0.717) is 15.6 Å². The van der Waals surface area contributed by atoms with E-state index in [0.717, 1.165) is 35.5 Å². The third-order valence-electron chi connectivity index (χ3n) is 4.96. The van der Waals surface area contributed by atoms with Crippen molar-refractivity contribution in [2.75, 3.05) is 18.9 Å². The second kappa shape index (κ2) is 7.92. The SMILES string of the molecule is CN1Cc2c(Cl)cc(Cl)cc2C(c2cccc(NC(=O)c3cccnc3)c2)C1. The molecule has 2 heterocycles. The van der Waals surface area contributed by atoms with Gasteiger partial charge in [0.25, 0.3) is 5.91 Å². The molecule has 0 spiro atoms. The van der Waals surface area contributed by atoms with E-state index in [1.165, 1.54) is 0 Å². The van der Waals surface area contributed by atoms with Crippen molar-refractivity contribution in [3.63, 3.8) is 0 Å². The number of hydrogen-bond donors (Lipinski definition) is 1. The first-order valence-electron chi connectivity index (χ1n) is 8.99. The lowest BCUT2D eigenvalue weighted by atomic mass is 9.84. The Labute approximate surface area is 174 Å². The van der Waals surface area contributed by atoms with Gasteiger partial charge in [-0.1, -0.05) is 35.3 Å². The van der Waals surface area contributed by atoms with Gasteiger partial charge in [-0.05, 0) is 60.1 Å². The van der Waals surface area contributed by atoms with Crippen molar-refractivity contribution >= 4 is 34.8 Å². The standard InChI is InChI=1S/C22H19Cl2N3O/c1-27-12-19(18-9-16(23)10-21(24)20(18)13-27)14-4-2-6-17(8-14)26-22(28)15-5-3-7-25-11-15/h2-11,19H,12-13H2,1H3,(H,26,28). The quantitative estimate of drug-likeness (QED) is 0.642. The molecule has 4 nitrogen and oxygen atoms in total. The summed E-state index contributed by atoms with van der Waals surface area (Å²) in [6.45, 7) is 1.64. The summed E-state index contributed by atoms with van der Waals surface area (Å²) in [6.07, 6.45) is 3.19. The molecule has 142 valence electrons. The summed E-state index contributed by atoms with van der Waals surface area (Å²) >= 11 is 12.7. The van der Waals surface area contributed by atoms with E-state index in [9.17, 15) is 4.79 Å². The van der Waals surface area contributed by atoms with Crippen molar-refractivity contribution in [2.24, 2.45) is 0 Å². The van der Waals surface area contributed by atoms with Gasteiger partial charge in [-0.2, -0.15) is 0 Å². The number of nitrogens with zero attached hydrogens (tertiary/aromatic N) is 2. The lowest BCUT2D eigenvalue weighted by molar-refractivity contribution is 0.102. The van der Waals surface area contributed by atoms with Gasteiger partial charge in [0.05, 0.1) is 5.56 Å². The molecule has 0 saturated heterocycles. The van der Waals surface area contributed by atoms with Gasteiger partial charge in [0.15, 0.2) is 0 Å². The molecule has 0 aliphatic carbocycles. The molecule has 1 atom stereocenters. The fraction of sp³-hybridized carbons (Fsp3) is 0.182. The molecule has 0 bridgehead atoms. The average Bonchev–Trinajstić information content (AvgIpc) is 2.69. The van der Waals surface area contributed by atoms with E-state index in [1.807, 2.05) is 24.3 Å². The molecule has 1 N–H and O–H groups in total. The molecule has 6 heteroatoms. The van der Waals surface area contributed by atoms with Gasteiger partial charge < -0.3 is 10.2 Å². The number of carbonyl (C=O) groups excluding carboxylic acids is 1. The first-order chi connectivity index (χ1) is 13.5. The summed E-state index contributed by atoms with van der Waals surface area (Å²) in [4.78, 5) is 18.7. The largest absolute Gasteiger partial charge is 0.322 e. The van der Waals surface area contributed by atoms with Gasteiger partial charge in [0.1, 0.15) is 0 Å². The number of carbonyl (C=O) groups is 1. The van der Waals surface area contributed by atoms with Crippen LogP contribution in [-0.2, 0) is 6.54 Å². The van der Waals surface area contributed by atoms with Crippen LogP contribution < -0.4 is 5.32 Å². The van der Waals surface area contributed by atoms with Crippen LogP contribution >= 0.6 is 23.2 Å². The number of hydrogen-bond acceptors (Lipinski definition) is 3. The van der Waals surface area contributed by atoms with Gasteiger partial charge >= 0.3 is 0 Å². The molecule has 1 aliphatic rings. The maximum absolute atomic E-state index is 12.4. The minimum absolute atomic E-state index is 0.125. The van der Waals surface area contributed by atoms with Crippen LogP contribution in [0.15, 0.2) is 60.9 Å². The van der Waals surface area contributed by atoms with E-state index in [1.54, 1.807) is 30.6 Å². The maximum atomic E-state index is 12.4. The molecule has 1 aromatic heterocycles. The first-order valence-corrected chi connectivity index (χ1v) is 9.74. The zero-order valence-electron chi connectivity index (χ0n) is 15.3. The molecule has 3 aromatic rings. The van der Waals surface area contributed by atoms with E-state index >= 15 is 0 Å². The Morgan fingerprint density at radius 3 is 2.82 bits per heavy atom. The van der Waals surface area contributed by atoms with E-state index in [2.05, 4.69) is 28.3 Å². The predicted molar refractivity (Wildman–Crippen MR) is 113 cm³/mol. The number of anilines is 1. The van der Waals surface area contributed by atoms with Crippen LogP contribution in [0.3, 0.4) is 0 Å². The Hall–Kier alpha value is -2.40. The second-order valence-corrected chi connectivity index (χ2v) is 7.87. The number of amides is 1. The number of rotatable bonds is 3. The number of halogens is 2. The van der Waals surface area contributed by atoms with Crippen molar-refractivity contribution in [2.45, 2.75) is 12.5 Å². The summed E-state index contributed by atoms with van der Waals surface area (Å²) in [7, 11) is 2.08. The summed E-state index contributed by atoms with van der Waals surface area (Å²) in [5.41, 5.74) is 4.62. The molecular formula is C22H19Cl2N3O. The number of fused-ring (bicyclic) bond motifs is 1. The smallest absolute Gasteiger partial charge is 0.257 e. The van der Waals surface area contributed by atoms with Crippen molar-refractivity contribution in [1.29, 1.82) is 0 Å². The molecule has 1 aliphatic heterocycles. The lowest BCUT2D eigenvalue weighted by Crippen LogP contribution is -2.31. The summed E-state index contributed by atoms with van der Waals surface area (Å²) in [5, 5.41) is 4.28. The third-order valence-corrected chi connectivity index (χ3v) is 5.52. The van der Waals surface area contributed by atoms with Crippen molar-refractivity contribution in [1.82, 2.24) is 9.88 Å². The van der Waals surface area contributed by atoms with E-state index in [-0.39, 0.29) is 11.8 Å². The Morgan fingerprint density at radius 2 is 2.04 bits per heavy atom. The number of pyridine rings is 1. The van der Waals surface area contributed by atoms with Gasteiger partial charge in [0.2, 0.25) is 0 Å². The molecule has 1 amide bonds. The van der Waals surface area contributed by atoms with Crippen LogP contribution in [0.1, 0.15) is 33.0 Å². The first kappa shape index (κ1) is 18.9. The van der Waals surface area contributed by atoms with Gasteiger partial charge in [0, 0.05) is 47.1 Å². The van der Waals surface area contributed by atoms with E-state index in [4.69, 9.17) is 23.2 Å². The topological polar surface area (TPSA) is 45.2 Å². The highest BCUT2D eigenvalue weighted by molar-refractivity contribution is 6.35. The lowest BCUT2D eigenvalue weighted by Gasteiger charge is -2.33. The van der Waals surface area contributed by atoms with Gasteiger partial charge in [-0.25, -0.2) is 0 Å². The average molecular weight is 412 g/mol. The summed E-state index contributed by atoms with van der Waals surface area (Å²) in [5.74, 6) is -0.0577. The molecular weight excluding hydrogens is 393 g/mol. The fourth-order valence-corrected chi connectivity index (χ4v) is 4.23. The number of nitrogens with one attached hydrogen (secondary N) is 1. The van der Waals surface area contributed by atoms with E-state index < -0.39 is 0 Å². The molecule has 0 fully saturated rings. The highest BCUT2D eigenvalue weighted by atomic mass is 35.5. The minimum atomic E-state index is -0.183. The molecule has 4 rings (SSSR count). The second-order valence-electron chi connectivity index (χ2n) is 7.03. The Bertz CT molecular complexity index is 1020. The van der Waals surface area contributed by atoms with Gasteiger partial charge in [-0.3, -0.25) is 9.78 Å². The highest BCUT2D eigenvalue weighted by Crippen LogP contribution is 2.38. The third kappa shape index (κ3) is 3.90. The van der Waals surface area contributed by atoms with Gasteiger partial charge in [-0.15, -0.1) is 0 Å². The predicted octanol–water partition coefficient (Wildman–Crippen LogP) is 5.22. The summed E-state index contributed by atoms with van der Waals surface area (Å²) < 4.78 is 0. The molecule has 2 aromatic carbocycles. The molecule has 0 saturated carbocycles.